The van der Waals surface area contributed by atoms with Gasteiger partial charge in [0.05, 0.1) is 0 Å². The summed E-state index contributed by atoms with van der Waals surface area (Å²) in [6, 6.07) is 0. The second-order valence-corrected chi connectivity index (χ2v) is 2.42. The summed E-state index contributed by atoms with van der Waals surface area (Å²) in [5, 5.41) is 0. The topological polar surface area (TPSA) is 26.3 Å². The minimum atomic E-state index is -0.262. The number of hydrogen-bond donors (Lipinski definition) is 0. The van der Waals surface area contributed by atoms with Crippen LogP contribution in [0, 0.1) is 0 Å². The lowest BCUT2D eigenvalue weighted by Gasteiger charge is -2.02. The van der Waals surface area contributed by atoms with E-state index in [9.17, 15) is 4.79 Å². The van der Waals surface area contributed by atoms with E-state index >= 15 is 0 Å². The monoisotopic (exact) mass is 166 g/mol. The van der Waals surface area contributed by atoms with Gasteiger partial charge in [0.15, 0.2) is 0 Å². The number of hydrogen-bond acceptors (Lipinski definition) is 2. The van der Waals surface area contributed by atoms with Gasteiger partial charge in [-0.1, -0.05) is 25.7 Å². The smallest absolute Gasteiger partial charge is 0.310 e. The van der Waals surface area contributed by atoms with Gasteiger partial charge < -0.3 is 4.74 Å². The Hall–Kier alpha value is -1.31. The molecule has 66 valence electrons. The first-order valence-electron chi connectivity index (χ1n) is 3.80. The molecule has 0 spiro atoms. The Morgan fingerprint density at radius 3 is 2.50 bits per heavy atom. The van der Waals surface area contributed by atoms with Crippen LogP contribution in [0.1, 0.15) is 20.3 Å². The van der Waals surface area contributed by atoms with Crippen molar-refractivity contribution in [2.75, 3.05) is 0 Å². The van der Waals surface area contributed by atoms with Gasteiger partial charge >= 0.3 is 5.97 Å². The van der Waals surface area contributed by atoms with Gasteiger partial charge in [-0.3, -0.25) is 4.79 Å². The Balaban J connectivity index is 4.27. The molecule has 0 aliphatic carbocycles. The lowest BCUT2D eigenvalue weighted by atomic mass is 10.3. The van der Waals surface area contributed by atoms with Crippen LogP contribution in [0.5, 0.6) is 0 Å². The molecule has 0 aromatic rings. The third kappa shape index (κ3) is 4.50. The summed E-state index contributed by atoms with van der Waals surface area (Å²) in [7, 11) is 0. The van der Waals surface area contributed by atoms with E-state index in [1.54, 1.807) is 13.0 Å². The SMILES string of the molecule is C=C/C(=C\C(=C)C)OC(=O)CC. The van der Waals surface area contributed by atoms with Gasteiger partial charge in [0.2, 0.25) is 0 Å². The van der Waals surface area contributed by atoms with Crippen molar-refractivity contribution in [1.82, 2.24) is 0 Å². The molecular formula is C10H14O2. The highest BCUT2D eigenvalue weighted by molar-refractivity contribution is 5.70. The van der Waals surface area contributed by atoms with Gasteiger partial charge in [-0.15, -0.1) is 0 Å². The number of rotatable bonds is 4. The van der Waals surface area contributed by atoms with Crippen molar-refractivity contribution < 1.29 is 9.53 Å². The number of carbonyl (C=O) groups excluding carboxylic acids is 1. The van der Waals surface area contributed by atoms with Crippen LogP contribution in [0.4, 0.5) is 0 Å². The van der Waals surface area contributed by atoms with Crippen LogP contribution in [0.3, 0.4) is 0 Å². The lowest BCUT2D eigenvalue weighted by Crippen LogP contribution is -2.00. The molecule has 2 heteroatoms. The van der Waals surface area contributed by atoms with Gasteiger partial charge in [0.25, 0.3) is 0 Å². The molecule has 0 bridgehead atoms. The highest BCUT2D eigenvalue weighted by Gasteiger charge is 2.00. The number of carbonyl (C=O) groups is 1. The number of ether oxygens (including phenoxy) is 1. The normalized spacial score (nSPS) is 10.7. The molecule has 0 atom stereocenters. The summed E-state index contributed by atoms with van der Waals surface area (Å²) < 4.78 is 4.90. The molecule has 0 unspecified atom stereocenters. The van der Waals surface area contributed by atoms with Crippen LogP contribution in [0.15, 0.2) is 36.6 Å². The zero-order valence-electron chi connectivity index (χ0n) is 7.59. The second-order valence-electron chi connectivity index (χ2n) is 2.42. The van der Waals surface area contributed by atoms with Gasteiger partial charge in [-0.05, 0) is 19.1 Å². The van der Waals surface area contributed by atoms with E-state index in [1.807, 2.05) is 6.92 Å². The molecule has 0 N–H and O–H groups in total. The Bertz CT molecular complexity index is 224. The second kappa shape index (κ2) is 5.35. The first kappa shape index (κ1) is 10.7. The minimum absolute atomic E-state index is 0.262. The average Bonchev–Trinajstić information content (AvgIpc) is 2.02. The fraction of sp³-hybridized carbons (Fsp3) is 0.300. The summed E-state index contributed by atoms with van der Waals surface area (Å²) in [5.74, 6) is 0.191. The Kier molecular flexibility index (Phi) is 4.77. The molecule has 0 rings (SSSR count). The fourth-order valence-corrected chi connectivity index (χ4v) is 0.577. The Morgan fingerprint density at radius 1 is 1.58 bits per heavy atom. The van der Waals surface area contributed by atoms with Crippen molar-refractivity contribution in [3.8, 4) is 0 Å². The lowest BCUT2D eigenvalue weighted by molar-refractivity contribution is -0.138. The van der Waals surface area contributed by atoms with Crippen LogP contribution < -0.4 is 0 Å². The largest absolute Gasteiger partial charge is 0.427 e. The van der Waals surface area contributed by atoms with Crippen molar-refractivity contribution >= 4 is 5.97 Å². The molecule has 0 radical (unpaired) electrons. The molecule has 0 aromatic heterocycles. The van der Waals surface area contributed by atoms with E-state index in [2.05, 4.69) is 13.2 Å². The summed E-state index contributed by atoms with van der Waals surface area (Å²) >= 11 is 0. The van der Waals surface area contributed by atoms with E-state index in [0.717, 1.165) is 5.57 Å². The van der Waals surface area contributed by atoms with Crippen LogP contribution in [-0.2, 0) is 9.53 Å². The molecule has 0 saturated heterocycles. The van der Waals surface area contributed by atoms with Gasteiger partial charge in [0, 0.05) is 6.42 Å². The van der Waals surface area contributed by atoms with E-state index in [4.69, 9.17) is 4.74 Å². The van der Waals surface area contributed by atoms with Gasteiger partial charge in [-0.2, -0.15) is 0 Å². The maximum atomic E-state index is 10.8. The zero-order chi connectivity index (χ0) is 9.56. The Labute approximate surface area is 73.2 Å². The predicted molar refractivity (Wildman–Crippen MR) is 49.5 cm³/mol. The van der Waals surface area contributed by atoms with Crippen molar-refractivity contribution in [3.05, 3.63) is 36.6 Å². The molecule has 0 fully saturated rings. The highest BCUT2D eigenvalue weighted by atomic mass is 16.5. The minimum Gasteiger partial charge on any atom is -0.427 e. The third-order valence-corrected chi connectivity index (χ3v) is 1.11. The maximum Gasteiger partial charge on any atom is 0.310 e. The van der Waals surface area contributed by atoms with Crippen molar-refractivity contribution in [1.29, 1.82) is 0 Å². The Morgan fingerprint density at radius 2 is 2.17 bits per heavy atom. The molecule has 0 aliphatic rings. The molecule has 12 heavy (non-hydrogen) atoms. The predicted octanol–water partition coefficient (Wildman–Crippen LogP) is 2.59. The molecule has 2 nitrogen and oxygen atoms in total. The highest BCUT2D eigenvalue weighted by Crippen LogP contribution is 2.04. The summed E-state index contributed by atoms with van der Waals surface area (Å²) in [6.45, 7) is 10.7. The average molecular weight is 166 g/mol. The first-order valence-corrected chi connectivity index (χ1v) is 3.80. The molecular weight excluding hydrogens is 152 g/mol. The van der Waals surface area contributed by atoms with Crippen LogP contribution in [0.25, 0.3) is 0 Å². The third-order valence-electron chi connectivity index (χ3n) is 1.11. The maximum absolute atomic E-state index is 10.8. The van der Waals surface area contributed by atoms with Gasteiger partial charge in [0.1, 0.15) is 5.76 Å². The molecule has 0 heterocycles. The van der Waals surface area contributed by atoms with Crippen molar-refractivity contribution in [3.63, 3.8) is 0 Å². The van der Waals surface area contributed by atoms with E-state index < -0.39 is 0 Å². The zero-order valence-corrected chi connectivity index (χ0v) is 7.59. The van der Waals surface area contributed by atoms with E-state index in [1.165, 1.54) is 6.08 Å². The van der Waals surface area contributed by atoms with Crippen molar-refractivity contribution in [2.24, 2.45) is 0 Å². The molecule has 0 aromatic carbocycles. The van der Waals surface area contributed by atoms with E-state index in [-0.39, 0.29) is 5.97 Å². The van der Waals surface area contributed by atoms with Crippen LogP contribution in [0.2, 0.25) is 0 Å². The molecule has 0 aliphatic heterocycles. The quantitative estimate of drug-likeness (QED) is 0.364. The van der Waals surface area contributed by atoms with Crippen molar-refractivity contribution in [2.45, 2.75) is 20.3 Å². The first-order chi connectivity index (χ1) is 5.60. The van der Waals surface area contributed by atoms with Gasteiger partial charge in [-0.25, -0.2) is 0 Å². The fourth-order valence-electron chi connectivity index (χ4n) is 0.577. The van der Waals surface area contributed by atoms with E-state index in [0.29, 0.717) is 12.2 Å². The number of allylic oxidation sites excluding steroid dienone is 3. The summed E-state index contributed by atoms with van der Waals surface area (Å²) in [6.07, 6.45) is 3.52. The number of esters is 1. The molecule has 0 amide bonds. The summed E-state index contributed by atoms with van der Waals surface area (Å²) in [4.78, 5) is 10.8. The van der Waals surface area contributed by atoms with Crippen LogP contribution in [-0.4, -0.2) is 5.97 Å². The molecule has 0 saturated carbocycles. The van der Waals surface area contributed by atoms with Crippen LogP contribution >= 0.6 is 0 Å². The summed E-state index contributed by atoms with van der Waals surface area (Å²) in [5.41, 5.74) is 0.828. The standard InChI is InChI=1S/C10H14O2/c1-5-9(7-8(3)4)12-10(11)6-2/h5,7H,1,3,6H2,2,4H3/b9-7+.